The average molecular weight is 461 g/mol. The third kappa shape index (κ3) is 5.13. The number of hydrogen-bond acceptors (Lipinski definition) is 6. The lowest BCUT2D eigenvalue weighted by Crippen LogP contribution is -2.16. The number of aromatic nitrogens is 2. The van der Waals surface area contributed by atoms with Crippen molar-refractivity contribution in [2.45, 2.75) is 45.3 Å². The lowest BCUT2D eigenvalue weighted by Gasteiger charge is -2.17. The van der Waals surface area contributed by atoms with Gasteiger partial charge in [0.25, 0.3) is 5.92 Å². The lowest BCUT2D eigenvalue weighted by atomic mass is 10.0. The Kier molecular flexibility index (Phi) is 6.60. The predicted molar refractivity (Wildman–Crippen MR) is 119 cm³/mol. The van der Waals surface area contributed by atoms with Gasteiger partial charge in [-0.1, -0.05) is 18.2 Å². The molecular weight excluding hydrogens is 435 g/mol. The lowest BCUT2D eigenvalue weighted by molar-refractivity contribution is 0.0136. The number of anilines is 1. The SMILES string of the molecule is COc1cc2nc(C)nc(NCc3cccc(C(C)(F)F)c3F)c2cc1OC[C@H]1CCCO1. The number of benzene rings is 2. The Balaban J connectivity index is 1.63. The molecule has 0 radical (unpaired) electrons. The van der Waals surface area contributed by atoms with Crippen LogP contribution in [-0.2, 0) is 17.2 Å². The number of nitrogens with one attached hydrogen (secondary N) is 1. The van der Waals surface area contributed by atoms with Crippen molar-refractivity contribution in [3.63, 3.8) is 0 Å². The summed E-state index contributed by atoms with van der Waals surface area (Å²) in [5.41, 5.74) is 0.0857. The van der Waals surface area contributed by atoms with Gasteiger partial charge >= 0.3 is 0 Å². The molecular formula is C24H26F3N3O3. The number of rotatable bonds is 8. The van der Waals surface area contributed by atoms with Crippen LogP contribution < -0.4 is 14.8 Å². The van der Waals surface area contributed by atoms with Crippen LogP contribution in [0.3, 0.4) is 0 Å². The van der Waals surface area contributed by atoms with E-state index in [1.807, 2.05) is 0 Å². The molecule has 1 fully saturated rings. The molecule has 4 rings (SSSR count). The van der Waals surface area contributed by atoms with Gasteiger partial charge in [0.1, 0.15) is 24.1 Å². The Morgan fingerprint density at radius 1 is 1.21 bits per heavy atom. The molecule has 1 atom stereocenters. The zero-order valence-corrected chi connectivity index (χ0v) is 18.8. The highest BCUT2D eigenvalue weighted by Gasteiger charge is 2.29. The van der Waals surface area contributed by atoms with Gasteiger partial charge in [0.05, 0.1) is 24.3 Å². The number of nitrogens with zero attached hydrogens (tertiary/aromatic N) is 2. The van der Waals surface area contributed by atoms with Crippen LogP contribution in [0.5, 0.6) is 11.5 Å². The van der Waals surface area contributed by atoms with Gasteiger partial charge in [-0.05, 0) is 25.8 Å². The summed E-state index contributed by atoms with van der Waals surface area (Å²) in [7, 11) is 1.55. The zero-order valence-electron chi connectivity index (χ0n) is 18.8. The normalized spacial score (nSPS) is 16.2. The van der Waals surface area contributed by atoms with Gasteiger partial charge in [0.15, 0.2) is 11.5 Å². The maximum Gasteiger partial charge on any atom is 0.273 e. The van der Waals surface area contributed by atoms with E-state index in [2.05, 4.69) is 15.3 Å². The average Bonchev–Trinajstić information content (AvgIpc) is 3.29. The van der Waals surface area contributed by atoms with Gasteiger partial charge in [-0.2, -0.15) is 0 Å². The zero-order chi connectivity index (χ0) is 23.6. The quantitative estimate of drug-likeness (QED) is 0.487. The van der Waals surface area contributed by atoms with Crippen molar-refractivity contribution >= 4 is 16.7 Å². The first kappa shape index (κ1) is 23.1. The standard InChI is InChI=1S/C24H26F3N3O3/c1-14-29-19-11-20(31-3)21(33-13-16-7-5-9-32-16)10-17(19)23(30-14)28-12-15-6-4-8-18(22(15)25)24(2,26)27/h4,6,8,10-11,16H,5,7,9,12-13H2,1-3H3,(H,28,29,30)/t16-/m1/s1. The van der Waals surface area contributed by atoms with E-state index >= 15 is 0 Å². The molecule has 2 aromatic carbocycles. The Bertz CT molecular complexity index is 1150. The molecule has 0 unspecified atom stereocenters. The van der Waals surface area contributed by atoms with Crippen molar-refractivity contribution in [1.29, 1.82) is 0 Å². The molecule has 0 amide bonds. The molecule has 9 heteroatoms. The van der Waals surface area contributed by atoms with Crippen molar-refractivity contribution in [2.24, 2.45) is 0 Å². The summed E-state index contributed by atoms with van der Waals surface area (Å²) in [6.07, 6.45) is 1.97. The number of halogens is 3. The van der Waals surface area contributed by atoms with Gasteiger partial charge in [0.2, 0.25) is 0 Å². The summed E-state index contributed by atoms with van der Waals surface area (Å²) in [4.78, 5) is 8.90. The van der Waals surface area contributed by atoms with E-state index in [1.165, 1.54) is 12.1 Å². The Labute approximate surface area is 190 Å². The van der Waals surface area contributed by atoms with E-state index in [-0.39, 0.29) is 18.2 Å². The highest BCUT2D eigenvalue weighted by molar-refractivity contribution is 5.91. The highest BCUT2D eigenvalue weighted by atomic mass is 19.3. The first-order chi connectivity index (χ1) is 15.8. The van der Waals surface area contributed by atoms with Crippen LogP contribution in [0.1, 0.15) is 36.7 Å². The fourth-order valence-corrected chi connectivity index (χ4v) is 3.85. The second-order valence-corrected chi connectivity index (χ2v) is 8.11. The Morgan fingerprint density at radius 2 is 2.03 bits per heavy atom. The van der Waals surface area contributed by atoms with E-state index in [0.717, 1.165) is 25.5 Å². The summed E-state index contributed by atoms with van der Waals surface area (Å²) in [6, 6.07) is 7.48. The molecule has 1 aromatic heterocycles. The third-order valence-electron chi connectivity index (χ3n) is 5.54. The number of aryl methyl sites for hydroxylation is 1. The van der Waals surface area contributed by atoms with Crippen LogP contribution in [0.2, 0.25) is 0 Å². The van der Waals surface area contributed by atoms with Gasteiger partial charge in [-0.25, -0.2) is 23.1 Å². The van der Waals surface area contributed by atoms with Crippen LogP contribution in [0.25, 0.3) is 10.9 Å². The summed E-state index contributed by atoms with van der Waals surface area (Å²) in [5, 5.41) is 3.71. The second kappa shape index (κ2) is 9.43. The van der Waals surface area contributed by atoms with E-state index in [4.69, 9.17) is 14.2 Å². The van der Waals surface area contributed by atoms with Crippen LogP contribution in [0, 0.1) is 12.7 Å². The van der Waals surface area contributed by atoms with Gasteiger partial charge < -0.3 is 19.5 Å². The van der Waals surface area contributed by atoms with Crippen LogP contribution in [-0.4, -0.2) is 36.4 Å². The van der Waals surface area contributed by atoms with Crippen molar-refractivity contribution in [2.75, 3.05) is 25.6 Å². The Morgan fingerprint density at radius 3 is 2.73 bits per heavy atom. The minimum Gasteiger partial charge on any atom is -0.493 e. The summed E-state index contributed by atoms with van der Waals surface area (Å²) in [6.45, 7) is 3.50. The molecule has 1 N–H and O–H groups in total. The van der Waals surface area contributed by atoms with Crippen molar-refractivity contribution < 1.29 is 27.4 Å². The molecule has 0 bridgehead atoms. The minimum atomic E-state index is -3.27. The summed E-state index contributed by atoms with van der Waals surface area (Å²) < 4.78 is 59.1. The maximum absolute atomic E-state index is 14.7. The van der Waals surface area contributed by atoms with E-state index < -0.39 is 17.3 Å². The largest absolute Gasteiger partial charge is 0.493 e. The summed E-state index contributed by atoms with van der Waals surface area (Å²) >= 11 is 0. The number of ether oxygens (including phenoxy) is 3. The highest BCUT2D eigenvalue weighted by Crippen LogP contribution is 2.35. The molecule has 1 aliphatic heterocycles. The fourth-order valence-electron chi connectivity index (χ4n) is 3.85. The fraction of sp³-hybridized carbons (Fsp3) is 0.417. The first-order valence-corrected chi connectivity index (χ1v) is 10.8. The molecule has 33 heavy (non-hydrogen) atoms. The topological polar surface area (TPSA) is 65.5 Å². The first-order valence-electron chi connectivity index (χ1n) is 10.8. The van der Waals surface area contributed by atoms with Crippen LogP contribution in [0.15, 0.2) is 30.3 Å². The number of hydrogen-bond donors (Lipinski definition) is 1. The molecule has 3 aromatic rings. The van der Waals surface area contributed by atoms with Gasteiger partial charge in [0, 0.05) is 37.1 Å². The molecule has 6 nitrogen and oxygen atoms in total. The molecule has 0 aliphatic carbocycles. The van der Waals surface area contributed by atoms with Crippen LogP contribution >= 0.6 is 0 Å². The number of alkyl halides is 2. The van der Waals surface area contributed by atoms with E-state index in [0.29, 0.717) is 47.6 Å². The number of methoxy groups -OCH3 is 1. The van der Waals surface area contributed by atoms with E-state index in [1.54, 1.807) is 26.2 Å². The van der Waals surface area contributed by atoms with E-state index in [9.17, 15) is 13.2 Å². The maximum atomic E-state index is 14.7. The molecule has 1 saturated heterocycles. The third-order valence-corrected chi connectivity index (χ3v) is 5.54. The molecule has 1 aliphatic rings. The number of fused-ring (bicyclic) bond motifs is 1. The molecule has 176 valence electrons. The smallest absolute Gasteiger partial charge is 0.273 e. The van der Waals surface area contributed by atoms with Crippen molar-refractivity contribution in [3.05, 3.63) is 53.1 Å². The van der Waals surface area contributed by atoms with Gasteiger partial charge in [-0.3, -0.25) is 0 Å². The van der Waals surface area contributed by atoms with Crippen LogP contribution in [0.4, 0.5) is 19.0 Å². The van der Waals surface area contributed by atoms with Crippen molar-refractivity contribution in [3.8, 4) is 11.5 Å². The summed E-state index contributed by atoms with van der Waals surface area (Å²) in [5.74, 6) is -2.24. The molecule has 0 saturated carbocycles. The van der Waals surface area contributed by atoms with Gasteiger partial charge in [-0.15, -0.1) is 0 Å². The Hall–Kier alpha value is -3.07. The predicted octanol–water partition coefficient (Wildman–Crippen LogP) is 5.37. The molecule has 2 heterocycles. The molecule has 0 spiro atoms. The minimum absolute atomic E-state index is 0.0283. The monoisotopic (exact) mass is 461 g/mol. The van der Waals surface area contributed by atoms with Crippen molar-refractivity contribution in [1.82, 2.24) is 9.97 Å². The second-order valence-electron chi connectivity index (χ2n) is 8.11.